The third kappa shape index (κ3) is 27.4. The lowest BCUT2D eigenvalue weighted by Crippen LogP contribution is -2.64. The second-order valence-electron chi connectivity index (χ2n) is 28.4. The summed E-state index contributed by atoms with van der Waals surface area (Å²) in [7, 11) is 1.29. The van der Waals surface area contributed by atoms with E-state index in [0.717, 1.165) is 20.6 Å². The van der Waals surface area contributed by atoms with Crippen molar-refractivity contribution < 1.29 is 77.3 Å². The Morgan fingerprint density at radius 3 is 1.42 bits per heavy atom. The number of hydrogen-bond acceptors (Lipinski definition) is 17. The average molecular weight is 1560 g/mol. The number of likely N-dealkylation sites (tertiary alicyclic amines) is 1. The standard InChI is InChI=1S/C80H100ClN15O16/c1-45(2)36-61(76(107)94-70(95(9)69(101)32-34-83-46(3)4)79(110)96-35-13-17-68(96)78(109)84-47(5)80(111)112)88-72(103)64(39-52-21-28-59(29-22-52)85-48(6)98)90-74(105)65(40-53-23-30-60(31-24-53)86-49(7)99)92-77(108)67(44-97)93-75(106)66(42-55-14-12-33-82-43-55)91-73(104)63(38-51-19-26-58(81)27-20-51)89-71(102)62(87-50(8)100)41-54-18-25-56-15-10-11-16-57(56)37-54/h10-12,14-16,18-31,33,37,43,45-47,61-68,70,83,97H,13,17,32,34-36,38-42,44H2,1-9H3,(H,84,109)(H,85,98)(H,86,99)(H,87,100)(H,88,103)(H,89,102)(H,90,105)(H,91,104)(H,92,108)(H,93,106)(H,94,107)(H,111,112)/t47-,61+,62-,63-,64-,65+,66-,67+,68+,70+/m1/s1. The summed E-state index contributed by atoms with van der Waals surface area (Å²) in [5.41, 5.74) is 3.16. The number of fused-ring (bicyclic) bond motifs is 1. The highest BCUT2D eigenvalue weighted by Crippen LogP contribution is 2.23. The summed E-state index contributed by atoms with van der Waals surface area (Å²) in [5, 5.41) is 55.1. The molecule has 0 unspecified atom stereocenters. The number of halogens is 1. The van der Waals surface area contributed by atoms with Gasteiger partial charge in [0.1, 0.15) is 54.4 Å². The fourth-order valence-corrected chi connectivity index (χ4v) is 12.7. The van der Waals surface area contributed by atoms with Crippen LogP contribution < -0.4 is 63.8 Å². The topological polar surface area (TPSA) is 443 Å². The maximum Gasteiger partial charge on any atom is 0.325 e. The number of aliphatic carboxylic acids is 1. The minimum Gasteiger partial charge on any atom is -0.480 e. The molecule has 32 heteroatoms. The predicted octanol–water partition coefficient (Wildman–Crippen LogP) is 2.64. The van der Waals surface area contributed by atoms with E-state index in [2.05, 4.69) is 68.8 Å². The molecule has 6 aromatic rings. The number of anilines is 2. The number of rotatable bonds is 39. The number of amides is 13. The number of aromatic nitrogens is 1. The molecule has 2 heterocycles. The Hall–Kier alpha value is -11.7. The van der Waals surface area contributed by atoms with E-state index < -0.39 is 144 Å². The Kier molecular flexibility index (Phi) is 33.2. The number of hydrogen-bond donors (Lipinski definition) is 14. The Morgan fingerprint density at radius 2 is 0.955 bits per heavy atom. The van der Waals surface area contributed by atoms with E-state index >= 15 is 9.59 Å². The van der Waals surface area contributed by atoms with Crippen molar-refractivity contribution in [1.29, 1.82) is 0 Å². The van der Waals surface area contributed by atoms with Gasteiger partial charge in [0.25, 0.3) is 5.91 Å². The molecule has 1 aliphatic heterocycles. The van der Waals surface area contributed by atoms with Crippen molar-refractivity contribution in [2.24, 2.45) is 5.92 Å². The van der Waals surface area contributed by atoms with Gasteiger partial charge in [-0.25, -0.2) is 0 Å². The molecule has 1 fully saturated rings. The molecule has 0 spiro atoms. The second kappa shape index (κ2) is 42.5. The summed E-state index contributed by atoms with van der Waals surface area (Å²) in [6.07, 6.45) is 0.191. The number of nitrogens with one attached hydrogen (secondary N) is 12. The van der Waals surface area contributed by atoms with E-state index in [4.69, 9.17) is 11.6 Å². The smallest absolute Gasteiger partial charge is 0.325 e. The molecule has 112 heavy (non-hydrogen) atoms. The highest BCUT2D eigenvalue weighted by molar-refractivity contribution is 6.30. The first-order valence-electron chi connectivity index (χ1n) is 36.9. The zero-order chi connectivity index (χ0) is 81.9. The van der Waals surface area contributed by atoms with Crippen LogP contribution in [0.25, 0.3) is 10.8 Å². The van der Waals surface area contributed by atoms with Gasteiger partial charge in [-0.1, -0.05) is 124 Å². The third-order valence-electron chi connectivity index (χ3n) is 18.3. The Morgan fingerprint density at radius 1 is 0.509 bits per heavy atom. The number of carboxylic acids is 1. The fraction of sp³-hybridized carbons (Fsp3) is 0.412. The van der Waals surface area contributed by atoms with Crippen molar-refractivity contribution in [3.05, 3.63) is 173 Å². The summed E-state index contributed by atoms with van der Waals surface area (Å²) in [5.74, 6) is -12.1. The zero-order valence-corrected chi connectivity index (χ0v) is 64.8. The van der Waals surface area contributed by atoms with E-state index in [1.807, 2.05) is 56.3 Å². The number of nitrogens with zero attached hydrogens (tertiary/aromatic N) is 3. The van der Waals surface area contributed by atoms with Crippen LogP contribution in [0.2, 0.25) is 5.02 Å². The van der Waals surface area contributed by atoms with Gasteiger partial charge in [0, 0.05) is 114 Å². The molecule has 1 aliphatic rings. The van der Waals surface area contributed by atoms with Crippen molar-refractivity contribution in [2.75, 3.05) is 37.4 Å². The van der Waals surface area contributed by atoms with Crippen LogP contribution in [-0.4, -0.2) is 201 Å². The number of benzene rings is 5. The van der Waals surface area contributed by atoms with Gasteiger partial charge >= 0.3 is 5.97 Å². The molecule has 598 valence electrons. The Bertz CT molecular complexity index is 4320. The van der Waals surface area contributed by atoms with Gasteiger partial charge in [-0.3, -0.25) is 72.1 Å². The minimum atomic E-state index is -1.89. The highest BCUT2D eigenvalue weighted by Gasteiger charge is 2.43. The van der Waals surface area contributed by atoms with E-state index in [1.165, 1.54) is 59.3 Å². The van der Waals surface area contributed by atoms with Crippen molar-refractivity contribution in [3.63, 3.8) is 0 Å². The van der Waals surface area contributed by atoms with Crippen LogP contribution in [-0.2, 0) is 99.2 Å². The van der Waals surface area contributed by atoms with Gasteiger partial charge in [-0.2, -0.15) is 0 Å². The van der Waals surface area contributed by atoms with Crippen molar-refractivity contribution in [2.45, 2.75) is 180 Å². The predicted molar refractivity (Wildman–Crippen MR) is 418 cm³/mol. The molecule has 14 N–H and O–H groups in total. The molecule has 10 atom stereocenters. The molecule has 5 aromatic carbocycles. The van der Waals surface area contributed by atoms with Gasteiger partial charge in [0.15, 0.2) is 6.17 Å². The molecule has 31 nitrogen and oxygen atoms in total. The molecule has 0 bridgehead atoms. The van der Waals surface area contributed by atoms with Crippen LogP contribution in [0.3, 0.4) is 0 Å². The number of aliphatic hydroxyl groups excluding tert-OH is 1. The fourth-order valence-electron chi connectivity index (χ4n) is 12.5. The van der Waals surface area contributed by atoms with E-state index in [-0.39, 0.29) is 82.3 Å². The highest BCUT2D eigenvalue weighted by atomic mass is 35.5. The quantitative estimate of drug-likeness (QED) is 0.0247. The van der Waals surface area contributed by atoms with Crippen LogP contribution in [0, 0.1) is 5.92 Å². The van der Waals surface area contributed by atoms with Crippen LogP contribution in [0.15, 0.2) is 140 Å². The van der Waals surface area contributed by atoms with Gasteiger partial charge in [-0.05, 0) is 113 Å². The molecular formula is C80H100ClN15O16. The van der Waals surface area contributed by atoms with Crippen LogP contribution in [0.5, 0.6) is 0 Å². The van der Waals surface area contributed by atoms with Crippen molar-refractivity contribution >= 4 is 117 Å². The maximum absolute atomic E-state index is 15.3. The molecule has 0 radical (unpaired) electrons. The van der Waals surface area contributed by atoms with Gasteiger partial charge < -0.3 is 83.8 Å². The minimum absolute atomic E-state index is 0.0103. The van der Waals surface area contributed by atoms with E-state index in [9.17, 15) is 67.7 Å². The van der Waals surface area contributed by atoms with E-state index in [0.29, 0.717) is 50.6 Å². The summed E-state index contributed by atoms with van der Waals surface area (Å²) in [6.45, 7) is 11.4. The number of carboxylic acid groups (broad SMARTS) is 1. The first-order chi connectivity index (χ1) is 53.2. The SMILES string of the molecule is CC(=O)Nc1ccc(C[C@H](NC(=O)[C@H](CO)NC(=O)[C@@H](Cc2cccnc2)NC(=O)[C@@H](Cc2ccc(Cl)cc2)NC(=O)[C@@H](Cc2ccc3ccccc3c2)NC(C)=O)C(=O)N[C@H](Cc2ccc(NC(C)=O)cc2)C(=O)N[C@@H](CC(C)C)C(=O)N[C@H](C(=O)N2CCC[C@H]2C(=O)N[C@H](C)C(=O)O)N(C)C(=O)CCNC(C)C)cc1. The van der Waals surface area contributed by atoms with Crippen LogP contribution in [0.1, 0.15) is 109 Å². The lowest BCUT2D eigenvalue weighted by molar-refractivity contribution is -0.151. The average Bonchev–Trinajstić information content (AvgIpc) is 1.55. The lowest BCUT2D eigenvalue weighted by atomic mass is 9.99. The Balaban J connectivity index is 1.20. The Labute approximate surface area is 654 Å². The van der Waals surface area contributed by atoms with Crippen LogP contribution in [0.4, 0.5) is 11.4 Å². The molecule has 1 saturated heterocycles. The summed E-state index contributed by atoms with van der Waals surface area (Å²) < 4.78 is 0. The summed E-state index contributed by atoms with van der Waals surface area (Å²) in [6, 6.07) is 21.6. The third-order valence-corrected chi connectivity index (χ3v) is 18.6. The molecule has 7 rings (SSSR count). The van der Waals surface area contributed by atoms with Gasteiger partial charge in [0.05, 0.1) is 6.61 Å². The molecule has 0 aliphatic carbocycles. The first-order valence-corrected chi connectivity index (χ1v) is 37.3. The molecule has 13 amide bonds. The van der Waals surface area contributed by atoms with E-state index in [1.54, 1.807) is 86.6 Å². The second-order valence-corrected chi connectivity index (χ2v) is 28.8. The largest absolute Gasteiger partial charge is 0.480 e. The number of likely N-dealkylation sites (N-methyl/N-ethyl adjacent to an activating group) is 1. The monoisotopic (exact) mass is 1560 g/mol. The zero-order valence-electron chi connectivity index (χ0n) is 64.0. The first kappa shape index (κ1) is 87.5. The lowest BCUT2D eigenvalue weighted by Gasteiger charge is -2.35. The van der Waals surface area contributed by atoms with Crippen LogP contribution >= 0.6 is 11.6 Å². The number of aliphatic hydroxyl groups is 1. The number of carbonyl (C=O) groups is 14. The van der Waals surface area contributed by atoms with Crippen molar-refractivity contribution in [1.82, 2.24) is 68.0 Å². The number of pyridine rings is 1. The normalized spacial score (nSPS) is 14.9. The summed E-state index contributed by atoms with van der Waals surface area (Å²) in [4.78, 5) is 202. The molecule has 1 aromatic heterocycles. The van der Waals surface area contributed by atoms with Gasteiger partial charge in [-0.15, -0.1) is 0 Å². The molecular weight excluding hydrogens is 1460 g/mol. The maximum atomic E-state index is 15.3. The summed E-state index contributed by atoms with van der Waals surface area (Å²) >= 11 is 6.26. The van der Waals surface area contributed by atoms with Crippen molar-refractivity contribution in [3.8, 4) is 0 Å². The number of carbonyl (C=O) groups excluding carboxylic acids is 13. The van der Waals surface area contributed by atoms with Gasteiger partial charge in [0.2, 0.25) is 70.9 Å². The molecule has 0 saturated carbocycles.